The number of hydrogen-bond donors (Lipinski definition) is 2. The van der Waals surface area contributed by atoms with Crippen LogP contribution in [0.4, 0.5) is 0 Å². The summed E-state index contributed by atoms with van der Waals surface area (Å²) in [4.78, 5) is 16.4. The smallest absolute Gasteiger partial charge is 0.251 e. The largest absolute Gasteiger partial charge is 0.352 e. The van der Waals surface area contributed by atoms with Gasteiger partial charge in [-0.3, -0.25) is 9.78 Å². The first kappa shape index (κ1) is 12.5. The molecule has 0 bridgehead atoms. The summed E-state index contributed by atoms with van der Waals surface area (Å²) < 4.78 is 0. The lowest BCUT2D eigenvalue weighted by molar-refractivity contribution is 0.0952. The van der Waals surface area contributed by atoms with E-state index in [2.05, 4.69) is 27.8 Å². The van der Waals surface area contributed by atoms with E-state index in [9.17, 15) is 4.79 Å². The molecule has 2 aromatic rings. The Hall–Kier alpha value is -2.20. The van der Waals surface area contributed by atoms with Gasteiger partial charge in [-0.1, -0.05) is 12.1 Å². The predicted octanol–water partition coefficient (Wildman–Crippen LogP) is 1.79. The molecule has 0 aliphatic carbocycles. The van der Waals surface area contributed by atoms with Crippen molar-refractivity contribution in [3.05, 3.63) is 53.9 Å². The summed E-state index contributed by atoms with van der Waals surface area (Å²) in [7, 11) is 0. The third kappa shape index (κ3) is 2.12. The molecule has 2 N–H and O–H groups in total. The molecule has 106 valence electrons. The fourth-order valence-electron chi connectivity index (χ4n) is 3.43. The molecule has 2 atom stereocenters. The molecule has 2 aliphatic rings. The highest BCUT2D eigenvalue weighted by atomic mass is 16.1. The average molecular weight is 279 g/mol. The second kappa shape index (κ2) is 4.97. The number of nitrogens with zero attached hydrogens (tertiary/aromatic N) is 1. The van der Waals surface area contributed by atoms with Crippen molar-refractivity contribution in [1.29, 1.82) is 0 Å². The molecule has 4 rings (SSSR count). The Labute approximate surface area is 123 Å². The van der Waals surface area contributed by atoms with Gasteiger partial charge in [0.2, 0.25) is 0 Å². The van der Waals surface area contributed by atoms with E-state index < -0.39 is 0 Å². The van der Waals surface area contributed by atoms with Crippen LogP contribution in [0.5, 0.6) is 0 Å². The van der Waals surface area contributed by atoms with E-state index in [1.807, 2.05) is 18.2 Å². The summed E-state index contributed by atoms with van der Waals surface area (Å²) >= 11 is 0. The molecule has 0 saturated carbocycles. The van der Waals surface area contributed by atoms with Gasteiger partial charge in [0.05, 0.1) is 0 Å². The van der Waals surface area contributed by atoms with Crippen LogP contribution >= 0.6 is 0 Å². The second-order valence-corrected chi connectivity index (χ2v) is 5.77. The summed E-state index contributed by atoms with van der Waals surface area (Å²) in [5, 5.41) is 6.49. The second-order valence-electron chi connectivity index (χ2n) is 5.77. The molecule has 4 nitrogen and oxygen atoms in total. The number of aromatic nitrogens is 1. The van der Waals surface area contributed by atoms with Crippen LogP contribution in [0.1, 0.15) is 21.8 Å². The average Bonchev–Trinajstić information content (AvgIpc) is 2.96. The maximum absolute atomic E-state index is 12.4. The standard InChI is InChI=1S/C17H17N3O/c21-17-15-7-12(11-3-5-18-6-4-11)1-2-14(15)16-10-19-8-13(16)9-20-17/h1-7,13,16,19H,8-10H2,(H,20,21)/t13-,16+/m1/s1. The number of fused-ring (bicyclic) bond motifs is 3. The predicted molar refractivity (Wildman–Crippen MR) is 81.1 cm³/mol. The van der Waals surface area contributed by atoms with Crippen molar-refractivity contribution in [2.75, 3.05) is 19.6 Å². The molecule has 0 radical (unpaired) electrons. The Morgan fingerprint density at radius 1 is 1.00 bits per heavy atom. The zero-order chi connectivity index (χ0) is 14.2. The van der Waals surface area contributed by atoms with E-state index in [4.69, 9.17) is 0 Å². The molecule has 0 unspecified atom stereocenters. The first-order valence-electron chi connectivity index (χ1n) is 7.36. The topological polar surface area (TPSA) is 54.0 Å². The third-order valence-electron chi connectivity index (χ3n) is 4.58. The van der Waals surface area contributed by atoms with Crippen molar-refractivity contribution in [2.24, 2.45) is 5.92 Å². The Balaban J connectivity index is 1.82. The van der Waals surface area contributed by atoms with Gasteiger partial charge in [0, 0.05) is 43.5 Å². The van der Waals surface area contributed by atoms with E-state index in [0.717, 1.165) is 36.3 Å². The lowest BCUT2D eigenvalue weighted by Crippen LogP contribution is -2.28. The van der Waals surface area contributed by atoms with Gasteiger partial charge in [-0.25, -0.2) is 0 Å². The summed E-state index contributed by atoms with van der Waals surface area (Å²) in [5.41, 5.74) is 4.15. The maximum Gasteiger partial charge on any atom is 0.251 e. The number of rotatable bonds is 1. The van der Waals surface area contributed by atoms with Crippen molar-refractivity contribution in [2.45, 2.75) is 5.92 Å². The van der Waals surface area contributed by atoms with Crippen LogP contribution in [0.15, 0.2) is 42.7 Å². The number of carbonyl (C=O) groups excluding carboxylic acids is 1. The number of amides is 1. The van der Waals surface area contributed by atoms with Gasteiger partial charge in [0.25, 0.3) is 5.91 Å². The van der Waals surface area contributed by atoms with Crippen LogP contribution in [0.2, 0.25) is 0 Å². The van der Waals surface area contributed by atoms with Crippen LogP contribution in [0.25, 0.3) is 11.1 Å². The summed E-state index contributed by atoms with van der Waals surface area (Å²) in [6.45, 7) is 2.70. The van der Waals surface area contributed by atoms with E-state index in [1.165, 1.54) is 5.56 Å². The Morgan fingerprint density at radius 3 is 2.71 bits per heavy atom. The van der Waals surface area contributed by atoms with Gasteiger partial charge < -0.3 is 10.6 Å². The quantitative estimate of drug-likeness (QED) is 0.837. The SMILES string of the molecule is O=C1NC[C@H]2CNC[C@@H]2c2ccc(-c3ccncc3)cc21. The molecule has 4 heteroatoms. The normalized spacial score (nSPS) is 23.9. The fourth-order valence-corrected chi connectivity index (χ4v) is 3.43. The van der Waals surface area contributed by atoms with E-state index in [-0.39, 0.29) is 5.91 Å². The fraction of sp³-hybridized carbons (Fsp3) is 0.294. The van der Waals surface area contributed by atoms with Gasteiger partial charge in [0.1, 0.15) is 0 Å². The van der Waals surface area contributed by atoms with Crippen LogP contribution < -0.4 is 10.6 Å². The van der Waals surface area contributed by atoms with Crippen molar-refractivity contribution in [3.8, 4) is 11.1 Å². The van der Waals surface area contributed by atoms with Gasteiger partial charge >= 0.3 is 0 Å². The minimum absolute atomic E-state index is 0.0512. The lowest BCUT2D eigenvalue weighted by atomic mass is 9.86. The molecule has 3 heterocycles. The van der Waals surface area contributed by atoms with Gasteiger partial charge in [-0.2, -0.15) is 0 Å². The molecule has 1 fully saturated rings. The Kier molecular flexibility index (Phi) is 2.97. The third-order valence-corrected chi connectivity index (χ3v) is 4.58. The van der Waals surface area contributed by atoms with Crippen molar-refractivity contribution in [3.63, 3.8) is 0 Å². The molecule has 1 saturated heterocycles. The number of hydrogen-bond acceptors (Lipinski definition) is 3. The van der Waals surface area contributed by atoms with Crippen molar-refractivity contribution < 1.29 is 4.79 Å². The lowest BCUT2D eigenvalue weighted by Gasteiger charge is -2.16. The number of benzene rings is 1. The Bertz CT molecular complexity index is 684. The molecule has 21 heavy (non-hydrogen) atoms. The molecule has 1 amide bonds. The van der Waals surface area contributed by atoms with Crippen LogP contribution in [-0.2, 0) is 0 Å². The zero-order valence-electron chi connectivity index (χ0n) is 11.7. The van der Waals surface area contributed by atoms with Gasteiger partial charge in [-0.05, 0) is 40.8 Å². The van der Waals surface area contributed by atoms with Crippen LogP contribution in [0, 0.1) is 5.92 Å². The molecular formula is C17H17N3O. The van der Waals surface area contributed by atoms with E-state index in [1.54, 1.807) is 12.4 Å². The summed E-state index contributed by atoms with van der Waals surface area (Å²) in [6.07, 6.45) is 3.55. The number of pyridine rings is 1. The molecule has 2 aliphatic heterocycles. The molecule has 0 spiro atoms. The minimum Gasteiger partial charge on any atom is -0.352 e. The summed E-state index contributed by atoms with van der Waals surface area (Å²) in [5.74, 6) is 0.989. The number of carbonyl (C=O) groups is 1. The Morgan fingerprint density at radius 2 is 1.86 bits per heavy atom. The van der Waals surface area contributed by atoms with E-state index in [0.29, 0.717) is 11.8 Å². The van der Waals surface area contributed by atoms with Gasteiger partial charge in [-0.15, -0.1) is 0 Å². The minimum atomic E-state index is 0.0512. The first-order chi connectivity index (χ1) is 10.3. The summed E-state index contributed by atoms with van der Waals surface area (Å²) in [6, 6.07) is 10.2. The highest BCUT2D eigenvalue weighted by Gasteiger charge is 2.34. The highest BCUT2D eigenvalue weighted by molar-refractivity contribution is 5.97. The highest BCUT2D eigenvalue weighted by Crippen LogP contribution is 2.34. The first-order valence-corrected chi connectivity index (χ1v) is 7.36. The number of nitrogens with one attached hydrogen (secondary N) is 2. The maximum atomic E-state index is 12.4. The van der Waals surface area contributed by atoms with Crippen LogP contribution in [-0.4, -0.2) is 30.5 Å². The molecular weight excluding hydrogens is 262 g/mol. The molecule has 1 aromatic carbocycles. The monoisotopic (exact) mass is 279 g/mol. The van der Waals surface area contributed by atoms with E-state index >= 15 is 0 Å². The molecule has 1 aromatic heterocycles. The zero-order valence-corrected chi connectivity index (χ0v) is 11.7. The van der Waals surface area contributed by atoms with Crippen molar-refractivity contribution >= 4 is 5.91 Å². The van der Waals surface area contributed by atoms with Gasteiger partial charge in [0.15, 0.2) is 0 Å². The van der Waals surface area contributed by atoms with Crippen molar-refractivity contribution in [1.82, 2.24) is 15.6 Å². The van der Waals surface area contributed by atoms with Crippen LogP contribution in [0.3, 0.4) is 0 Å².